The SMILES string of the molecule is C=C1[C@H](O)C[C@H]2[C@@H](/C=C(\C)C(=O)[C@@]3(O)C[C@H](C)[C@H](O)C3[C@H]1O)C2(C)C. The molecule has 2 saturated carbocycles. The van der Waals surface area contributed by atoms with Gasteiger partial charge in [0.05, 0.1) is 24.2 Å². The zero-order valence-corrected chi connectivity index (χ0v) is 15.4. The molecular weight excluding hydrogens is 320 g/mol. The highest BCUT2D eigenvalue weighted by Crippen LogP contribution is 2.62. The van der Waals surface area contributed by atoms with Gasteiger partial charge in [0.15, 0.2) is 5.78 Å². The van der Waals surface area contributed by atoms with Crippen LogP contribution in [0.1, 0.15) is 40.5 Å². The second kappa shape index (κ2) is 5.74. The van der Waals surface area contributed by atoms with Crippen LogP contribution in [-0.4, -0.2) is 50.1 Å². The van der Waals surface area contributed by atoms with Gasteiger partial charge in [0, 0.05) is 0 Å². The Bertz CT molecular complexity index is 636. The molecule has 0 radical (unpaired) electrons. The van der Waals surface area contributed by atoms with Crippen LogP contribution in [-0.2, 0) is 4.79 Å². The van der Waals surface area contributed by atoms with Crippen molar-refractivity contribution in [3.63, 3.8) is 0 Å². The van der Waals surface area contributed by atoms with Crippen LogP contribution in [0.3, 0.4) is 0 Å². The van der Waals surface area contributed by atoms with E-state index in [0.29, 0.717) is 12.0 Å². The Morgan fingerprint density at radius 2 is 1.84 bits per heavy atom. The lowest BCUT2D eigenvalue weighted by molar-refractivity contribution is -0.144. The predicted octanol–water partition coefficient (Wildman–Crippen LogP) is 1.20. The highest BCUT2D eigenvalue weighted by atomic mass is 16.3. The van der Waals surface area contributed by atoms with Crippen LogP contribution in [0.25, 0.3) is 0 Å². The third-order valence-corrected chi connectivity index (χ3v) is 7.08. The molecule has 0 aliphatic heterocycles. The van der Waals surface area contributed by atoms with Crippen molar-refractivity contribution < 1.29 is 25.2 Å². The summed E-state index contributed by atoms with van der Waals surface area (Å²) in [5.41, 5.74) is -1.26. The molecule has 0 heterocycles. The van der Waals surface area contributed by atoms with Gasteiger partial charge in [-0.3, -0.25) is 4.79 Å². The molecule has 3 aliphatic carbocycles. The highest BCUT2D eigenvalue weighted by molar-refractivity contribution is 6.02. The number of aliphatic hydroxyl groups excluding tert-OH is 3. The van der Waals surface area contributed by atoms with Crippen LogP contribution >= 0.6 is 0 Å². The molecule has 2 fully saturated rings. The lowest BCUT2D eigenvalue weighted by Crippen LogP contribution is -2.51. The van der Waals surface area contributed by atoms with Crippen LogP contribution in [0, 0.1) is 29.1 Å². The van der Waals surface area contributed by atoms with Crippen molar-refractivity contribution >= 4 is 5.78 Å². The van der Waals surface area contributed by atoms with Crippen molar-refractivity contribution in [2.24, 2.45) is 29.1 Å². The molecule has 3 rings (SSSR count). The molecule has 5 heteroatoms. The molecule has 25 heavy (non-hydrogen) atoms. The summed E-state index contributed by atoms with van der Waals surface area (Å²) in [6.07, 6.45) is -0.880. The summed E-state index contributed by atoms with van der Waals surface area (Å²) in [7, 11) is 0. The first-order valence-electron chi connectivity index (χ1n) is 9.11. The smallest absolute Gasteiger partial charge is 0.190 e. The quantitative estimate of drug-likeness (QED) is 0.492. The zero-order valence-electron chi connectivity index (χ0n) is 15.4. The molecule has 0 aromatic carbocycles. The minimum absolute atomic E-state index is 0.0442. The van der Waals surface area contributed by atoms with Gasteiger partial charge in [0.2, 0.25) is 0 Å². The summed E-state index contributed by atoms with van der Waals surface area (Å²) < 4.78 is 0. The molecule has 3 aliphatic rings. The largest absolute Gasteiger partial charge is 0.392 e. The monoisotopic (exact) mass is 350 g/mol. The molecule has 0 aromatic rings. The Hall–Kier alpha value is -1.01. The molecule has 4 N–H and O–H groups in total. The Morgan fingerprint density at radius 1 is 1.24 bits per heavy atom. The number of carbonyl (C=O) groups excluding carboxylic acids is 1. The molecular formula is C20H30O5. The number of hydrogen-bond acceptors (Lipinski definition) is 5. The van der Waals surface area contributed by atoms with E-state index in [0.717, 1.165) is 0 Å². The number of fused-ring (bicyclic) bond motifs is 2. The Morgan fingerprint density at radius 3 is 2.44 bits per heavy atom. The fraction of sp³-hybridized carbons (Fsp3) is 0.750. The van der Waals surface area contributed by atoms with Crippen molar-refractivity contribution in [1.29, 1.82) is 0 Å². The molecule has 0 bridgehead atoms. The second-order valence-corrected chi connectivity index (χ2v) is 9.03. The number of aliphatic hydroxyl groups is 4. The van der Waals surface area contributed by atoms with E-state index >= 15 is 0 Å². The normalized spacial score (nSPS) is 51.8. The minimum Gasteiger partial charge on any atom is -0.392 e. The van der Waals surface area contributed by atoms with E-state index in [4.69, 9.17) is 0 Å². The lowest BCUT2D eigenvalue weighted by atomic mass is 9.77. The van der Waals surface area contributed by atoms with Crippen LogP contribution in [0.5, 0.6) is 0 Å². The van der Waals surface area contributed by atoms with E-state index in [1.807, 2.05) is 6.08 Å². The van der Waals surface area contributed by atoms with Crippen LogP contribution < -0.4 is 0 Å². The molecule has 8 atom stereocenters. The third-order valence-electron chi connectivity index (χ3n) is 7.08. The van der Waals surface area contributed by atoms with Crippen LogP contribution in [0.2, 0.25) is 0 Å². The van der Waals surface area contributed by atoms with Crippen LogP contribution in [0.15, 0.2) is 23.8 Å². The average Bonchev–Trinajstić information content (AvgIpc) is 2.92. The molecule has 5 nitrogen and oxygen atoms in total. The maximum atomic E-state index is 13.0. The Balaban J connectivity index is 2.08. The summed E-state index contributed by atoms with van der Waals surface area (Å²) in [5, 5.41) is 43.0. The molecule has 1 unspecified atom stereocenters. The number of allylic oxidation sites excluding steroid dienone is 1. The summed E-state index contributed by atoms with van der Waals surface area (Å²) in [6.45, 7) is 11.4. The molecule has 0 spiro atoms. The average molecular weight is 350 g/mol. The van der Waals surface area contributed by atoms with Crippen molar-refractivity contribution in [3.05, 3.63) is 23.8 Å². The van der Waals surface area contributed by atoms with Gasteiger partial charge in [-0.05, 0) is 54.1 Å². The van der Waals surface area contributed by atoms with Gasteiger partial charge in [-0.25, -0.2) is 0 Å². The maximum Gasteiger partial charge on any atom is 0.190 e. The summed E-state index contributed by atoms with van der Waals surface area (Å²) >= 11 is 0. The fourth-order valence-corrected chi connectivity index (χ4v) is 5.15. The maximum absolute atomic E-state index is 13.0. The van der Waals surface area contributed by atoms with Gasteiger partial charge in [0.25, 0.3) is 0 Å². The van der Waals surface area contributed by atoms with Gasteiger partial charge >= 0.3 is 0 Å². The van der Waals surface area contributed by atoms with Gasteiger partial charge in [-0.1, -0.05) is 33.4 Å². The number of Topliss-reactive ketones (excluding diaryl/α,β-unsaturated/α-hetero) is 1. The zero-order chi connectivity index (χ0) is 18.9. The Labute approximate surface area is 149 Å². The standard InChI is InChI=1S/C20H30O5/c1-9-6-12-13(19(12,4)5)7-14(21)11(3)17(23)15-16(22)10(2)8-20(15,25)18(9)24/h6,10,12-17,21-23,25H,3,7-8H2,1-2,4-5H3/b9-6+/t10-,12+,13-,14+,15?,16-,17-,20+/m0/s1. The van der Waals surface area contributed by atoms with E-state index in [9.17, 15) is 25.2 Å². The summed E-state index contributed by atoms with van der Waals surface area (Å²) in [4.78, 5) is 13.0. The number of rotatable bonds is 0. The molecule has 0 amide bonds. The van der Waals surface area contributed by atoms with Crippen molar-refractivity contribution in [2.75, 3.05) is 0 Å². The second-order valence-electron chi connectivity index (χ2n) is 9.03. The first-order chi connectivity index (χ1) is 11.4. The molecule has 0 aromatic heterocycles. The first-order valence-corrected chi connectivity index (χ1v) is 9.11. The third kappa shape index (κ3) is 2.64. The summed E-state index contributed by atoms with van der Waals surface area (Å²) in [5.74, 6) is -1.53. The van der Waals surface area contributed by atoms with Gasteiger partial charge in [0.1, 0.15) is 5.60 Å². The van der Waals surface area contributed by atoms with Gasteiger partial charge in [-0.2, -0.15) is 0 Å². The fourth-order valence-electron chi connectivity index (χ4n) is 5.15. The first kappa shape index (κ1) is 18.8. The topological polar surface area (TPSA) is 98.0 Å². The van der Waals surface area contributed by atoms with E-state index in [1.165, 1.54) is 0 Å². The van der Waals surface area contributed by atoms with E-state index in [2.05, 4.69) is 20.4 Å². The van der Waals surface area contributed by atoms with E-state index < -0.39 is 35.6 Å². The van der Waals surface area contributed by atoms with Crippen molar-refractivity contribution in [2.45, 2.75) is 64.4 Å². The minimum atomic E-state index is -1.85. The lowest BCUT2D eigenvalue weighted by Gasteiger charge is -2.35. The van der Waals surface area contributed by atoms with Crippen LogP contribution in [0.4, 0.5) is 0 Å². The van der Waals surface area contributed by atoms with Crippen molar-refractivity contribution in [1.82, 2.24) is 0 Å². The molecule has 0 saturated heterocycles. The number of carbonyl (C=O) groups is 1. The Kier molecular flexibility index (Phi) is 4.31. The number of ketones is 1. The highest BCUT2D eigenvalue weighted by Gasteiger charge is 2.61. The van der Waals surface area contributed by atoms with Crippen molar-refractivity contribution in [3.8, 4) is 0 Å². The van der Waals surface area contributed by atoms with E-state index in [1.54, 1.807) is 13.8 Å². The van der Waals surface area contributed by atoms with Gasteiger partial charge in [-0.15, -0.1) is 0 Å². The number of hydrogen-bond donors (Lipinski definition) is 4. The summed E-state index contributed by atoms with van der Waals surface area (Å²) in [6, 6.07) is 0. The predicted molar refractivity (Wildman–Crippen MR) is 93.5 cm³/mol. The van der Waals surface area contributed by atoms with E-state index in [-0.39, 0.29) is 35.2 Å². The molecule has 140 valence electrons. The van der Waals surface area contributed by atoms with Gasteiger partial charge < -0.3 is 20.4 Å².